The molecule has 0 aliphatic carbocycles. The van der Waals surface area contributed by atoms with E-state index >= 15 is 0 Å². The number of hydrogen-bond donors (Lipinski definition) is 0. The molecule has 0 saturated heterocycles. The smallest absolute Gasteiger partial charge is 0.349 e. The summed E-state index contributed by atoms with van der Waals surface area (Å²) in [6, 6.07) is 6.20. The number of ketones is 1. The first-order valence-electron chi connectivity index (χ1n) is 5.06. The van der Waals surface area contributed by atoms with Crippen LogP contribution in [0.3, 0.4) is 0 Å². The van der Waals surface area contributed by atoms with Gasteiger partial charge in [-0.3, -0.25) is 4.79 Å². The minimum absolute atomic E-state index is 0.132. The third-order valence-corrected chi connectivity index (χ3v) is 2.39. The SMILES string of the molecule is CC(C)OC(=O)C(F)C(=O)c1cccc(Br)c1. The Bertz CT molecular complexity index is 432. The van der Waals surface area contributed by atoms with Crippen LogP contribution in [0.25, 0.3) is 0 Å². The Morgan fingerprint density at radius 3 is 2.53 bits per heavy atom. The van der Waals surface area contributed by atoms with Gasteiger partial charge in [0.1, 0.15) is 0 Å². The van der Waals surface area contributed by atoms with Crippen molar-refractivity contribution in [1.29, 1.82) is 0 Å². The molecule has 0 aliphatic rings. The molecule has 5 heteroatoms. The predicted octanol–water partition coefficient (Wildman–Crippen LogP) is 2.92. The first-order chi connectivity index (χ1) is 7.91. The van der Waals surface area contributed by atoms with Crippen LogP contribution in [-0.2, 0) is 9.53 Å². The quantitative estimate of drug-likeness (QED) is 0.488. The van der Waals surface area contributed by atoms with E-state index in [1.54, 1.807) is 26.0 Å². The summed E-state index contributed by atoms with van der Waals surface area (Å²) in [4.78, 5) is 22.8. The molecule has 1 aromatic carbocycles. The van der Waals surface area contributed by atoms with Crippen LogP contribution in [0, 0.1) is 0 Å². The largest absolute Gasteiger partial charge is 0.460 e. The highest BCUT2D eigenvalue weighted by molar-refractivity contribution is 9.10. The summed E-state index contributed by atoms with van der Waals surface area (Å²) in [5, 5.41) is 0. The summed E-state index contributed by atoms with van der Waals surface area (Å²) >= 11 is 3.17. The number of alkyl halides is 1. The van der Waals surface area contributed by atoms with Crippen LogP contribution in [0.4, 0.5) is 4.39 Å². The topological polar surface area (TPSA) is 43.4 Å². The Labute approximate surface area is 107 Å². The minimum atomic E-state index is -2.27. The van der Waals surface area contributed by atoms with Gasteiger partial charge >= 0.3 is 5.97 Å². The van der Waals surface area contributed by atoms with E-state index < -0.39 is 24.0 Å². The summed E-state index contributed by atoms with van der Waals surface area (Å²) in [6.45, 7) is 3.18. The second kappa shape index (κ2) is 5.91. The first-order valence-corrected chi connectivity index (χ1v) is 5.85. The van der Waals surface area contributed by atoms with Gasteiger partial charge in [-0.25, -0.2) is 9.18 Å². The Hall–Kier alpha value is -1.23. The molecule has 0 N–H and O–H groups in total. The minimum Gasteiger partial charge on any atom is -0.460 e. The van der Waals surface area contributed by atoms with Crippen molar-refractivity contribution in [3.63, 3.8) is 0 Å². The van der Waals surface area contributed by atoms with E-state index in [0.717, 1.165) is 0 Å². The molecule has 0 amide bonds. The van der Waals surface area contributed by atoms with Crippen molar-refractivity contribution in [2.75, 3.05) is 0 Å². The van der Waals surface area contributed by atoms with Gasteiger partial charge < -0.3 is 4.74 Å². The lowest BCUT2D eigenvalue weighted by Crippen LogP contribution is -2.29. The highest BCUT2D eigenvalue weighted by Crippen LogP contribution is 2.15. The highest BCUT2D eigenvalue weighted by atomic mass is 79.9. The number of rotatable bonds is 4. The molecule has 1 aromatic rings. The lowest BCUT2D eigenvalue weighted by molar-refractivity contribution is -0.151. The summed E-state index contributed by atoms with van der Waals surface area (Å²) < 4.78 is 18.8. The molecule has 0 heterocycles. The molecule has 3 nitrogen and oxygen atoms in total. The third-order valence-electron chi connectivity index (χ3n) is 1.90. The van der Waals surface area contributed by atoms with E-state index in [0.29, 0.717) is 4.47 Å². The van der Waals surface area contributed by atoms with Gasteiger partial charge in [-0.15, -0.1) is 0 Å². The van der Waals surface area contributed by atoms with Crippen molar-refractivity contribution in [2.24, 2.45) is 0 Å². The standard InChI is InChI=1S/C12H12BrFO3/c1-7(2)17-12(16)10(14)11(15)8-4-3-5-9(13)6-8/h3-7,10H,1-2H3. The predicted molar refractivity (Wildman–Crippen MR) is 64.6 cm³/mol. The second-order valence-corrected chi connectivity index (χ2v) is 4.64. The van der Waals surface area contributed by atoms with Crippen LogP contribution in [0.5, 0.6) is 0 Å². The van der Waals surface area contributed by atoms with E-state index in [9.17, 15) is 14.0 Å². The number of Topliss-reactive ketones (excluding diaryl/α,β-unsaturated/α-hetero) is 1. The van der Waals surface area contributed by atoms with Crippen LogP contribution in [-0.4, -0.2) is 24.0 Å². The molecule has 17 heavy (non-hydrogen) atoms. The molecule has 0 radical (unpaired) electrons. The monoisotopic (exact) mass is 302 g/mol. The van der Waals surface area contributed by atoms with Gasteiger partial charge in [-0.05, 0) is 26.0 Å². The van der Waals surface area contributed by atoms with Gasteiger partial charge in [0, 0.05) is 10.0 Å². The fourth-order valence-electron chi connectivity index (χ4n) is 1.19. The first kappa shape index (κ1) is 13.8. The molecule has 1 rings (SSSR count). The molecule has 0 spiro atoms. The number of esters is 1. The summed E-state index contributed by atoms with van der Waals surface area (Å²) in [5.41, 5.74) is 0.132. The molecule has 92 valence electrons. The van der Waals surface area contributed by atoms with Gasteiger partial charge in [0.2, 0.25) is 5.78 Å². The summed E-state index contributed by atoms with van der Waals surface area (Å²) in [7, 11) is 0. The van der Waals surface area contributed by atoms with Crippen LogP contribution in [0.15, 0.2) is 28.7 Å². The highest BCUT2D eigenvalue weighted by Gasteiger charge is 2.29. The van der Waals surface area contributed by atoms with Crippen LogP contribution in [0.2, 0.25) is 0 Å². The number of carbonyl (C=O) groups excluding carboxylic acids is 2. The fraction of sp³-hybridized carbons (Fsp3) is 0.333. The molecule has 0 aromatic heterocycles. The molecule has 1 unspecified atom stereocenters. The average Bonchev–Trinajstić information content (AvgIpc) is 2.26. The van der Waals surface area contributed by atoms with Crippen molar-refractivity contribution in [1.82, 2.24) is 0 Å². The lowest BCUT2D eigenvalue weighted by atomic mass is 10.1. The van der Waals surface area contributed by atoms with Gasteiger partial charge in [0.05, 0.1) is 6.10 Å². The average molecular weight is 303 g/mol. The van der Waals surface area contributed by atoms with E-state index in [1.807, 2.05) is 0 Å². The number of benzene rings is 1. The molecule has 1 atom stereocenters. The number of carbonyl (C=O) groups is 2. The van der Waals surface area contributed by atoms with Gasteiger partial charge in [-0.1, -0.05) is 28.1 Å². The Morgan fingerprint density at radius 1 is 1.35 bits per heavy atom. The molecular formula is C12H12BrFO3. The van der Waals surface area contributed by atoms with E-state index in [2.05, 4.69) is 20.7 Å². The maximum atomic E-state index is 13.5. The van der Waals surface area contributed by atoms with Crippen molar-refractivity contribution in [2.45, 2.75) is 26.1 Å². The zero-order chi connectivity index (χ0) is 13.0. The second-order valence-electron chi connectivity index (χ2n) is 3.72. The third kappa shape index (κ3) is 3.93. The summed E-state index contributed by atoms with van der Waals surface area (Å²) in [5.74, 6) is -2.04. The fourth-order valence-corrected chi connectivity index (χ4v) is 1.59. The van der Waals surface area contributed by atoms with E-state index in [1.165, 1.54) is 12.1 Å². The Kier molecular flexibility index (Phi) is 4.81. The van der Waals surface area contributed by atoms with E-state index in [-0.39, 0.29) is 5.56 Å². The van der Waals surface area contributed by atoms with E-state index in [4.69, 9.17) is 0 Å². The molecular weight excluding hydrogens is 291 g/mol. The zero-order valence-corrected chi connectivity index (χ0v) is 11.0. The Morgan fingerprint density at radius 2 is 2.00 bits per heavy atom. The lowest BCUT2D eigenvalue weighted by Gasteiger charge is -2.10. The van der Waals surface area contributed by atoms with Gasteiger partial charge in [-0.2, -0.15) is 0 Å². The Balaban J connectivity index is 2.80. The van der Waals surface area contributed by atoms with Crippen LogP contribution in [0.1, 0.15) is 24.2 Å². The summed E-state index contributed by atoms with van der Waals surface area (Å²) in [6.07, 6.45) is -2.72. The molecule has 0 fully saturated rings. The van der Waals surface area contributed by atoms with Crippen molar-refractivity contribution in [3.8, 4) is 0 Å². The molecule has 0 saturated carbocycles. The number of ether oxygens (including phenoxy) is 1. The maximum absolute atomic E-state index is 13.5. The number of hydrogen-bond acceptors (Lipinski definition) is 3. The van der Waals surface area contributed by atoms with Crippen molar-refractivity contribution < 1.29 is 18.7 Å². The number of halogens is 2. The normalized spacial score (nSPS) is 12.3. The van der Waals surface area contributed by atoms with Gasteiger partial charge in [0.15, 0.2) is 0 Å². The van der Waals surface area contributed by atoms with Crippen LogP contribution < -0.4 is 0 Å². The van der Waals surface area contributed by atoms with Crippen molar-refractivity contribution in [3.05, 3.63) is 34.3 Å². The van der Waals surface area contributed by atoms with Gasteiger partial charge in [0.25, 0.3) is 6.17 Å². The van der Waals surface area contributed by atoms with Crippen LogP contribution >= 0.6 is 15.9 Å². The maximum Gasteiger partial charge on any atom is 0.349 e. The zero-order valence-electron chi connectivity index (χ0n) is 9.44. The van der Waals surface area contributed by atoms with Crippen molar-refractivity contribution >= 4 is 27.7 Å². The molecule has 0 bridgehead atoms. The molecule has 0 aliphatic heterocycles.